The first-order valence-electron chi connectivity index (χ1n) is 6.57. The van der Waals surface area contributed by atoms with Crippen molar-refractivity contribution in [1.82, 2.24) is 9.80 Å². The number of aliphatic hydroxyl groups excluding tert-OH is 1. The van der Waals surface area contributed by atoms with E-state index in [4.69, 9.17) is 9.47 Å². The van der Waals surface area contributed by atoms with Crippen LogP contribution in [0.1, 0.15) is 12.8 Å². The zero-order chi connectivity index (χ0) is 13.6. The van der Waals surface area contributed by atoms with Gasteiger partial charge in [-0.25, -0.2) is 0 Å². The highest BCUT2D eigenvalue weighted by Crippen LogP contribution is 2.31. The molecule has 3 heterocycles. The van der Waals surface area contributed by atoms with Crippen LogP contribution >= 0.6 is 0 Å². The van der Waals surface area contributed by atoms with E-state index < -0.39 is 18.4 Å². The van der Waals surface area contributed by atoms with Crippen molar-refractivity contribution in [3.8, 4) is 0 Å². The van der Waals surface area contributed by atoms with Gasteiger partial charge in [-0.05, 0) is 12.8 Å². The number of hydrogen-bond donors (Lipinski definition) is 1. The molecule has 0 aromatic heterocycles. The fourth-order valence-electron chi connectivity index (χ4n) is 3.23. The van der Waals surface area contributed by atoms with Crippen molar-refractivity contribution >= 4 is 11.8 Å². The lowest BCUT2D eigenvalue weighted by atomic mass is 9.99. The summed E-state index contributed by atoms with van der Waals surface area (Å²) in [6, 6.07) is -1.04. The molecule has 0 aromatic carbocycles. The van der Waals surface area contributed by atoms with Gasteiger partial charge in [0.2, 0.25) is 11.8 Å². The Hall–Kier alpha value is -1.18. The number of ether oxygens (including phenoxy) is 2. The highest BCUT2D eigenvalue weighted by Gasteiger charge is 2.53. The van der Waals surface area contributed by atoms with Crippen LogP contribution in [0, 0.1) is 0 Å². The SMILES string of the molecule is COC1CN2C(=O)[C@@H]3CCCN3C(=O)[C@@H]2[C@H](CO)O1. The van der Waals surface area contributed by atoms with Gasteiger partial charge in [0.1, 0.15) is 18.2 Å². The van der Waals surface area contributed by atoms with Crippen molar-refractivity contribution in [3.63, 3.8) is 0 Å². The third-order valence-corrected chi connectivity index (χ3v) is 4.16. The molecule has 7 nitrogen and oxygen atoms in total. The molecule has 3 saturated heterocycles. The standard InChI is InChI=1S/C12H18N2O5/c1-18-9-5-14-10(8(6-15)19-9)12(17)13-4-2-3-7(13)11(14)16/h7-10,15H,2-6H2,1H3/t7-,8-,9?,10-/m0/s1. The molecule has 106 valence electrons. The minimum atomic E-state index is -0.711. The van der Waals surface area contributed by atoms with Gasteiger partial charge in [-0.1, -0.05) is 0 Å². The fourth-order valence-corrected chi connectivity index (χ4v) is 3.23. The van der Waals surface area contributed by atoms with Crippen LogP contribution in [0.15, 0.2) is 0 Å². The summed E-state index contributed by atoms with van der Waals surface area (Å²) in [5.74, 6) is -0.165. The normalized spacial score (nSPS) is 38.4. The van der Waals surface area contributed by atoms with Gasteiger partial charge in [0.05, 0.1) is 13.2 Å². The Morgan fingerprint density at radius 3 is 2.84 bits per heavy atom. The van der Waals surface area contributed by atoms with E-state index in [0.717, 1.165) is 12.8 Å². The maximum atomic E-state index is 12.5. The van der Waals surface area contributed by atoms with Gasteiger partial charge in [-0.2, -0.15) is 0 Å². The molecule has 3 rings (SSSR count). The van der Waals surface area contributed by atoms with E-state index in [2.05, 4.69) is 0 Å². The molecule has 3 fully saturated rings. The predicted octanol–water partition coefficient (Wildman–Crippen LogP) is -1.45. The Morgan fingerprint density at radius 1 is 1.37 bits per heavy atom. The van der Waals surface area contributed by atoms with Crippen LogP contribution in [0.2, 0.25) is 0 Å². The molecule has 0 bridgehead atoms. The average molecular weight is 270 g/mol. The van der Waals surface area contributed by atoms with Crippen LogP contribution in [0.3, 0.4) is 0 Å². The molecule has 4 atom stereocenters. The largest absolute Gasteiger partial charge is 0.394 e. The Kier molecular flexibility index (Phi) is 3.20. The summed E-state index contributed by atoms with van der Waals surface area (Å²) in [7, 11) is 1.48. The monoisotopic (exact) mass is 270 g/mol. The summed E-state index contributed by atoms with van der Waals surface area (Å²) >= 11 is 0. The second-order valence-electron chi connectivity index (χ2n) is 5.15. The lowest BCUT2D eigenvalue weighted by Gasteiger charge is -2.48. The van der Waals surface area contributed by atoms with Gasteiger partial charge >= 0.3 is 0 Å². The van der Waals surface area contributed by atoms with Crippen molar-refractivity contribution in [3.05, 3.63) is 0 Å². The van der Waals surface area contributed by atoms with E-state index in [1.54, 1.807) is 4.90 Å². The number of aliphatic hydroxyl groups is 1. The Balaban J connectivity index is 1.91. The maximum absolute atomic E-state index is 12.5. The lowest BCUT2D eigenvalue weighted by Crippen LogP contribution is -2.70. The number of nitrogens with zero attached hydrogens (tertiary/aromatic N) is 2. The summed E-state index contributed by atoms with van der Waals surface area (Å²) < 4.78 is 10.6. The first kappa shape index (κ1) is 12.8. The molecule has 3 aliphatic heterocycles. The summed E-state index contributed by atoms with van der Waals surface area (Å²) in [5.41, 5.74) is 0. The molecule has 19 heavy (non-hydrogen) atoms. The van der Waals surface area contributed by atoms with Gasteiger partial charge in [-0.15, -0.1) is 0 Å². The number of methoxy groups -OCH3 is 1. The number of rotatable bonds is 2. The second-order valence-corrected chi connectivity index (χ2v) is 5.15. The van der Waals surface area contributed by atoms with Crippen LogP contribution in [-0.2, 0) is 19.1 Å². The molecular formula is C12H18N2O5. The number of carbonyl (C=O) groups excluding carboxylic acids is 2. The smallest absolute Gasteiger partial charge is 0.248 e. The molecule has 3 aliphatic rings. The Bertz CT molecular complexity index is 402. The van der Waals surface area contributed by atoms with Crippen LogP contribution in [0.4, 0.5) is 0 Å². The van der Waals surface area contributed by atoms with E-state index >= 15 is 0 Å². The van der Waals surface area contributed by atoms with Gasteiger partial charge in [0.25, 0.3) is 0 Å². The number of hydrogen-bond acceptors (Lipinski definition) is 5. The third-order valence-electron chi connectivity index (χ3n) is 4.16. The second kappa shape index (κ2) is 4.73. The molecule has 1 unspecified atom stereocenters. The van der Waals surface area contributed by atoms with Gasteiger partial charge in [0.15, 0.2) is 6.29 Å². The number of morpholine rings is 1. The van der Waals surface area contributed by atoms with E-state index in [9.17, 15) is 14.7 Å². The van der Waals surface area contributed by atoms with Gasteiger partial charge < -0.3 is 24.4 Å². The molecule has 0 spiro atoms. The summed E-state index contributed by atoms with van der Waals surface area (Å²) in [5, 5.41) is 9.40. The van der Waals surface area contributed by atoms with Crippen molar-refractivity contribution in [2.75, 3.05) is 26.8 Å². The van der Waals surface area contributed by atoms with Crippen molar-refractivity contribution in [2.24, 2.45) is 0 Å². The average Bonchev–Trinajstić information content (AvgIpc) is 2.93. The fraction of sp³-hybridized carbons (Fsp3) is 0.833. The molecule has 7 heteroatoms. The molecule has 0 radical (unpaired) electrons. The van der Waals surface area contributed by atoms with Crippen molar-refractivity contribution in [2.45, 2.75) is 37.3 Å². The van der Waals surface area contributed by atoms with Gasteiger partial charge in [0, 0.05) is 13.7 Å². The maximum Gasteiger partial charge on any atom is 0.248 e. The molecular weight excluding hydrogens is 252 g/mol. The topological polar surface area (TPSA) is 79.3 Å². The molecule has 2 amide bonds. The van der Waals surface area contributed by atoms with Crippen LogP contribution in [-0.4, -0.2) is 78.0 Å². The first-order valence-corrected chi connectivity index (χ1v) is 6.57. The number of piperazine rings is 1. The summed E-state index contributed by atoms with van der Waals surface area (Å²) in [6.07, 6.45) is 0.270. The highest BCUT2D eigenvalue weighted by molar-refractivity contribution is 5.98. The highest BCUT2D eigenvalue weighted by atomic mass is 16.7. The zero-order valence-corrected chi connectivity index (χ0v) is 10.8. The minimum absolute atomic E-state index is 0.0501. The zero-order valence-electron chi connectivity index (χ0n) is 10.8. The lowest BCUT2D eigenvalue weighted by molar-refractivity contribution is -0.232. The Morgan fingerprint density at radius 2 is 2.16 bits per heavy atom. The number of fused-ring (bicyclic) bond motifs is 2. The molecule has 0 aliphatic carbocycles. The van der Waals surface area contributed by atoms with E-state index in [0.29, 0.717) is 6.54 Å². The van der Waals surface area contributed by atoms with Crippen molar-refractivity contribution < 1.29 is 24.2 Å². The van der Waals surface area contributed by atoms with Crippen molar-refractivity contribution in [1.29, 1.82) is 0 Å². The van der Waals surface area contributed by atoms with Gasteiger partial charge in [-0.3, -0.25) is 9.59 Å². The minimum Gasteiger partial charge on any atom is -0.394 e. The molecule has 1 N–H and O–H groups in total. The van der Waals surface area contributed by atoms with Crippen LogP contribution < -0.4 is 0 Å². The summed E-state index contributed by atoms with van der Waals surface area (Å²) in [6.45, 7) is 0.552. The number of carbonyl (C=O) groups is 2. The summed E-state index contributed by atoms with van der Waals surface area (Å²) in [4.78, 5) is 28.0. The van der Waals surface area contributed by atoms with Crippen LogP contribution in [0.25, 0.3) is 0 Å². The molecule has 0 aromatic rings. The first-order chi connectivity index (χ1) is 9.17. The Labute approximate surface area is 111 Å². The quantitative estimate of drug-likeness (QED) is 0.664. The van der Waals surface area contributed by atoms with Crippen LogP contribution in [0.5, 0.6) is 0 Å². The predicted molar refractivity (Wildman–Crippen MR) is 63.0 cm³/mol. The van der Waals surface area contributed by atoms with E-state index in [1.807, 2.05) is 0 Å². The number of amides is 2. The van der Waals surface area contributed by atoms with E-state index in [1.165, 1.54) is 12.0 Å². The third kappa shape index (κ3) is 1.84. The molecule has 0 saturated carbocycles. The van der Waals surface area contributed by atoms with E-state index in [-0.39, 0.29) is 31.0 Å².